The van der Waals surface area contributed by atoms with Crippen LogP contribution in [0.3, 0.4) is 0 Å². The Balaban J connectivity index is 1.84. The first kappa shape index (κ1) is 12.2. The summed E-state index contributed by atoms with van der Waals surface area (Å²) in [4.78, 5) is 0. The van der Waals surface area contributed by atoms with E-state index in [4.69, 9.17) is 5.73 Å². The van der Waals surface area contributed by atoms with Gasteiger partial charge in [0.2, 0.25) is 0 Å². The molecule has 16 heavy (non-hydrogen) atoms. The maximum Gasteiger partial charge on any atom is 0.406 e. The molecule has 2 fully saturated rings. The number of hydrogen-bond donors (Lipinski definition) is 2. The first-order chi connectivity index (χ1) is 7.48. The summed E-state index contributed by atoms with van der Waals surface area (Å²) in [7, 11) is 0. The van der Waals surface area contributed by atoms with Crippen LogP contribution in [0.15, 0.2) is 0 Å². The van der Waals surface area contributed by atoms with Crippen LogP contribution < -0.4 is 11.1 Å². The summed E-state index contributed by atoms with van der Waals surface area (Å²) < 4.78 is 38.0. The van der Waals surface area contributed by atoms with Crippen molar-refractivity contribution >= 4 is 0 Å². The average molecular weight is 236 g/mol. The van der Waals surface area contributed by atoms with E-state index in [1.54, 1.807) is 0 Å². The third-order valence-corrected chi connectivity index (χ3v) is 4.11. The zero-order chi connectivity index (χ0) is 11.8. The summed E-state index contributed by atoms with van der Waals surface area (Å²) in [5.41, 5.74) is 4.05. The van der Waals surface area contributed by atoms with E-state index in [0.29, 0.717) is 24.9 Å². The van der Waals surface area contributed by atoms with Crippen LogP contribution >= 0.6 is 0 Å². The van der Waals surface area contributed by atoms with Gasteiger partial charge in [-0.05, 0) is 50.6 Å². The van der Waals surface area contributed by atoms with E-state index in [1.807, 2.05) is 0 Å². The van der Waals surface area contributed by atoms with Crippen LogP contribution in [0.5, 0.6) is 0 Å². The number of halogens is 3. The Morgan fingerprint density at radius 2 is 1.81 bits per heavy atom. The molecule has 0 radical (unpaired) electrons. The minimum absolute atomic E-state index is 0.233. The van der Waals surface area contributed by atoms with E-state index in [2.05, 4.69) is 5.32 Å². The molecule has 2 rings (SSSR count). The molecule has 0 aromatic carbocycles. The number of hydrogen-bond acceptors (Lipinski definition) is 2. The van der Waals surface area contributed by atoms with Crippen LogP contribution in [0, 0.1) is 11.8 Å². The fraction of sp³-hybridized carbons (Fsp3) is 1.00. The Labute approximate surface area is 93.8 Å². The summed E-state index contributed by atoms with van der Waals surface area (Å²) >= 11 is 0. The molecular weight excluding hydrogens is 217 g/mol. The molecule has 0 bridgehead atoms. The van der Waals surface area contributed by atoms with Crippen molar-refractivity contribution in [2.24, 2.45) is 17.6 Å². The summed E-state index contributed by atoms with van der Waals surface area (Å²) in [6.07, 6.45) is -0.436. The van der Waals surface area contributed by atoms with E-state index in [1.165, 1.54) is 0 Å². The molecule has 5 heteroatoms. The van der Waals surface area contributed by atoms with E-state index in [0.717, 1.165) is 19.3 Å². The predicted octanol–water partition coefficient (Wildman–Crippen LogP) is 2.05. The first-order valence-corrected chi connectivity index (χ1v) is 6.00. The summed E-state index contributed by atoms with van der Waals surface area (Å²) in [6, 6.07) is 0. The van der Waals surface area contributed by atoms with Crippen molar-refractivity contribution in [2.75, 3.05) is 13.1 Å². The van der Waals surface area contributed by atoms with Gasteiger partial charge in [-0.15, -0.1) is 0 Å². The van der Waals surface area contributed by atoms with Crippen molar-refractivity contribution in [2.45, 2.75) is 43.8 Å². The molecule has 0 aromatic heterocycles. The Kier molecular flexibility index (Phi) is 3.18. The van der Waals surface area contributed by atoms with Gasteiger partial charge in [-0.3, -0.25) is 0 Å². The lowest BCUT2D eigenvalue weighted by Gasteiger charge is -2.25. The van der Waals surface area contributed by atoms with Crippen LogP contribution in [0.25, 0.3) is 0 Å². The van der Waals surface area contributed by atoms with Gasteiger partial charge < -0.3 is 11.1 Å². The highest BCUT2D eigenvalue weighted by Crippen LogP contribution is 2.49. The van der Waals surface area contributed by atoms with E-state index >= 15 is 0 Å². The standard InChI is InChI=1S/C11H19F3N2/c12-11(13,14)10(4-5-10)16-7-9-3-1-2-8(9)6-15/h8-9,16H,1-7,15H2. The molecule has 3 N–H and O–H groups in total. The Morgan fingerprint density at radius 3 is 2.31 bits per heavy atom. The van der Waals surface area contributed by atoms with E-state index in [-0.39, 0.29) is 12.8 Å². The van der Waals surface area contributed by atoms with E-state index in [9.17, 15) is 13.2 Å². The molecule has 0 heterocycles. The first-order valence-electron chi connectivity index (χ1n) is 6.00. The zero-order valence-corrected chi connectivity index (χ0v) is 9.32. The molecule has 0 aromatic rings. The third-order valence-electron chi connectivity index (χ3n) is 4.11. The minimum Gasteiger partial charge on any atom is -0.330 e. The topological polar surface area (TPSA) is 38.0 Å². The molecule has 2 saturated carbocycles. The fourth-order valence-electron chi connectivity index (χ4n) is 2.70. The Bertz CT molecular complexity index is 248. The molecule has 2 aliphatic rings. The van der Waals surface area contributed by atoms with Gasteiger partial charge >= 0.3 is 6.18 Å². The molecule has 2 atom stereocenters. The summed E-state index contributed by atoms with van der Waals surface area (Å²) in [5, 5.41) is 2.74. The maximum absolute atomic E-state index is 12.7. The lowest BCUT2D eigenvalue weighted by Crippen LogP contribution is -2.47. The van der Waals surface area contributed by atoms with Gasteiger partial charge in [0, 0.05) is 0 Å². The minimum atomic E-state index is -4.09. The lowest BCUT2D eigenvalue weighted by molar-refractivity contribution is -0.166. The normalized spacial score (nSPS) is 33.0. The third kappa shape index (κ3) is 2.20. The molecule has 94 valence electrons. The van der Waals surface area contributed by atoms with Gasteiger partial charge in [-0.1, -0.05) is 6.42 Å². The second-order valence-corrected chi connectivity index (χ2v) is 5.15. The van der Waals surface area contributed by atoms with Crippen molar-refractivity contribution in [3.63, 3.8) is 0 Å². The molecular formula is C11H19F3N2. The smallest absolute Gasteiger partial charge is 0.330 e. The summed E-state index contributed by atoms with van der Waals surface area (Å²) in [6.45, 7) is 1.08. The van der Waals surface area contributed by atoms with Crippen LogP contribution in [0.1, 0.15) is 32.1 Å². The van der Waals surface area contributed by atoms with Gasteiger partial charge in [0.1, 0.15) is 5.54 Å². The monoisotopic (exact) mass is 236 g/mol. The van der Waals surface area contributed by atoms with Crippen LogP contribution in [-0.4, -0.2) is 24.8 Å². The highest BCUT2D eigenvalue weighted by Gasteiger charge is 2.63. The van der Waals surface area contributed by atoms with Crippen LogP contribution in [-0.2, 0) is 0 Å². The second-order valence-electron chi connectivity index (χ2n) is 5.15. The fourth-order valence-corrected chi connectivity index (χ4v) is 2.70. The SMILES string of the molecule is NCC1CCCC1CNC1(C(F)(F)F)CC1. The number of nitrogens with two attached hydrogens (primary N) is 1. The number of rotatable bonds is 4. The van der Waals surface area contributed by atoms with Gasteiger partial charge in [-0.25, -0.2) is 0 Å². The Morgan fingerprint density at radius 1 is 1.19 bits per heavy atom. The highest BCUT2D eigenvalue weighted by molar-refractivity contribution is 5.08. The second kappa shape index (κ2) is 4.18. The molecule has 0 aliphatic heterocycles. The molecule has 0 saturated heterocycles. The molecule has 0 amide bonds. The van der Waals surface area contributed by atoms with Gasteiger partial charge in [0.25, 0.3) is 0 Å². The zero-order valence-electron chi connectivity index (χ0n) is 9.32. The van der Waals surface area contributed by atoms with Crippen molar-refractivity contribution < 1.29 is 13.2 Å². The average Bonchev–Trinajstić information content (AvgIpc) is 2.88. The Hall–Kier alpha value is -0.290. The van der Waals surface area contributed by atoms with E-state index < -0.39 is 11.7 Å². The van der Waals surface area contributed by atoms with Gasteiger partial charge in [0.05, 0.1) is 0 Å². The molecule has 2 aliphatic carbocycles. The van der Waals surface area contributed by atoms with Crippen molar-refractivity contribution in [3.8, 4) is 0 Å². The summed E-state index contributed by atoms with van der Waals surface area (Å²) in [5.74, 6) is 0.751. The van der Waals surface area contributed by atoms with Gasteiger partial charge in [0.15, 0.2) is 0 Å². The predicted molar refractivity (Wildman–Crippen MR) is 55.9 cm³/mol. The number of alkyl halides is 3. The largest absolute Gasteiger partial charge is 0.406 e. The van der Waals surface area contributed by atoms with Crippen molar-refractivity contribution in [3.05, 3.63) is 0 Å². The van der Waals surface area contributed by atoms with Crippen molar-refractivity contribution in [1.29, 1.82) is 0 Å². The highest BCUT2D eigenvalue weighted by atomic mass is 19.4. The van der Waals surface area contributed by atoms with Crippen LogP contribution in [0.2, 0.25) is 0 Å². The molecule has 2 unspecified atom stereocenters. The van der Waals surface area contributed by atoms with Crippen LogP contribution in [0.4, 0.5) is 13.2 Å². The van der Waals surface area contributed by atoms with Crippen molar-refractivity contribution in [1.82, 2.24) is 5.32 Å². The molecule has 2 nitrogen and oxygen atoms in total. The quantitative estimate of drug-likeness (QED) is 0.784. The van der Waals surface area contributed by atoms with Gasteiger partial charge in [-0.2, -0.15) is 13.2 Å². The number of nitrogens with one attached hydrogen (secondary N) is 1. The molecule has 0 spiro atoms. The lowest BCUT2D eigenvalue weighted by atomic mass is 9.96. The maximum atomic E-state index is 12.7.